The largest absolute Gasteiger partial charge is 0.481 e. The van der Waals surface area contributed by atoms with Crippen LogP contribution in [-0.4, -0.2) is 20.9 Å². The van der Waals surface area contributed by atoms with Crippen LogP contribution in [0.3, 0.4) is 0 Å². The van der Waals surface area contributed by atoms with Gasteiger partial charge < -0.3 is 5.11 Å². The molecule has 0 spiro atoms. The van der Waals surface area contributed by atoms with Crippen LogP contribution in [0.1, 0.15) is 12.6 Å². The first-order valence-corrected chi connectivity index (χ1v) is 4.00. The number of aryl methyl sites for hydroxylation is 1. The molecule has 1 heterocycles. The Balaban J connectivity index is 2.80. The minimum absolute atomic E-state index is 0.183. The minimum atomic E-state index is -0.904. The molecule has 0 radical (unpaired) electrons. The maximum absolute atomic E-state index is 11.1. The predicted octanol–water partition coefficient (Wildman–Crippen LogP) is 0.206. The smallest absolute Gasteiger partial charge is 0.308 e. The Morgan fingerprint density at radius 1 is 1.77 bits per heavy atom. The number of H-pyrrole nitrogens is 1. The molecule has 0 fully saturated rings. The average Bonchev–Trinajstić information content (AvgIpc) is 2.30. The topological polar surface area (TPSA) is 75.1 Å². The molecule has 0 aromatic carbocycles. The van der Waals surface area contributed by atoms with Crippen LogP contribution in [0.4, 0.5) is 0 Å². The van der Waals surface area contributed by atoms with Gasteiger partial charge in [-0.3, -0.25) is 19.4 Å². The molecule has 2 N–H and O–H groups in total. The van der Waals surface area contributed by atoms with E-state index in [1.165, 1.54) is 10.7 Å². The number of carbonyl (C=O) groups is 1. The fraction of sp³-hybridized carbons (Fsp3) is 0.500. The molecule has 0 aliphatic rings. The quantitative estimate of drug-likeness (QED) is 0.704. The van der Waals surface area contributed by atoms with E-state index in [4.69, 9.17) is 5.11 Å². The molecule has 72 valence electrons. The molecule has 0 bridgehead atoms. The number of hydrogen-bond donors (Lipinski definition) is 2. The fourth-order valence-corrected chi connectivity index (χ4v) is 1.05. The number of nitrogens with one attached hydrogen (secondary N) is 1. The number of carboxylic acids is 1. The first-order valence-electron chi connectivity index (χ1n) is 4.00. The summed E-state index contributed by atoms with van der Waals surface area (Å²) >= 11 is 0. The van der Waals surface area contributed by atoms with Crippen molar-refractivity contribution >= 4 is 5.97 Å². The Morgan fingerprint density at radius 3 is 2.77 bits per heavy atom. The number of aliphatic carboxylic acids is 1. The molecule has 0 saturated carbocycles. The number of hydrogen-bond acceptors (Lipinski definition) is 2. The Kier molecular flexibility index (Phi) is 2.55. The van der Waals surface area contributed by atoms with Gasteiger partial charge in [0.2, 0.25) is 0 Å². The fourth-order valence-electron chi connectivity index (χ4n) is 1.05. The van der Waals surface area contributed by atoms with Gasteiger partial charge in [0, 0.05) is 11.8 Å². The summed E-state index contributed by atoms with van der Waals surface area (Å²) in [6.45, 7) is 3.50. The second-order valence-electron chi connectivity index (χ2n) is 3.13. The van der Waals surface area contributed by atoms with Crippen LogP contribution in [0.15, 0.2) is 10.9 Å². The molecule has 0 saturated heterocycles. The van der Waals surface area contributed by atoms with E-state index in [0.29, 0.717) is 0 Å². The molecule has 1 rings (SSSR count). The molecule has 0 aliphatic carbocycles. The average molecular weight is 184 g/mol. The highest BCUT2D eigenvalue weighted by atomic mass is 16.4. The van der Waals surface area contributed by atoms with Crippen molar-refractivity contribution in [1.29, 1.82) is 0 Å². The van der Waals surface area contributed by atoms with Gasteiger partial charge >= 0.3 is 5.97 Å². The van der Waals surface area contributed by atoms with Crippen molar-refractivity contribution in [3.05, 3.63) is 22.1 Å². The van der Waals surface area contributed by atoms with Crippen LogP contribution in [-0.2, 0) is 11.3 Å². The maximum Gasteiger partial charge on any atom is 0.308 e. The zero-order valence-electron chi connectivity index (χ0n) is 7.57. The Labute approximate surface area is 75.0 Å². The Morgan fingerprint density at radius 2 is 2.38 bits per heavy atom. The summed E-state index contributed by atoms with van der Waals surface area (Å²) in [5.74, 6) is -1.46. The van der Waals surface area contributed by atoms with Crippen LogP contribution in [0, 0.1) is 12.8 Å². The van der Waals surface area contributed by atoms with Gasteiger partial charge in [-0.2, -0.15) is 0 Å². The van der Waals surface area contributed by atoms with Crippen LogP contribution in [0.25, 0.3) is 0 Å². The third-order valence-corrected chi connectivity index (χ3v) is 1.80. The summed E-state index contributed by atoms with van der Waals surface area (Å²) in [4.78, 5) is 21.6. The van der Waals surface area contributed by atoms with E-state index in [9.17, 15) is 9.59 Å². The van der Waals surface area contributed by atoms with Crippen LogP contribution >= 0.6 is 0 Å². The van der Waals surface area contributed by atoms with E-state index < -0.39 is 11.9 Å². The highest BCUT2D eigenvalue weighted by molar-refractivity contribution is 5.69. The molecule has 5 heteroatoms. The number of rotatable bonds is 3. The van der Waals surface area contributed by atoms with E-state index >= 15 is 0 Å². The van der Waals surface area contributed by atoms with Crippen LogP contribution in [0.5, 0.6) is 0 Å². The van der Waals surface area contributed by atoms with Crippen LogP contribution < -0.4 is 5.56 Å². The molecular formula is C8H12N2O3. The van der Waals surface area contributed by atoms with Gasteiger partial charge in [-0.05, 0) is 6.92 Å². The van der Waals surface area contributed by atoms with Gasteiger partial charge in [0.05, 0.1) is 12.5 Å². The van der Waals surface area contributed by atoms with Crippen molar-refractivity contribution in [2.45, 2.75) is 20.4 Å². The van der Waals surface area contributed by atoms with Crippen molar-refractivity contribution in [1.82, 2.24) is 9.78 Å². The molecule has 5 nitrogen and oxygen atoms in total. The molecule has 0 aliphatic heterocycles. The number of nitrogens with zero attached hydrogens (tertiary/aromatic N) is 1. The van der Waals surface area contributed by atoms with Gasteiger partial charge in [-0.1, -0.05) is 6.92 Å². The van der Waals surface area contributed by atoms with Gasteiger partial charge in [0.15, 0.2) is 0 Å². The highest BCUT2D eigenvalue weighted by Crippen LogP contribution is 1.97. The lowest BCUT2D eigenvalue weighted by atomic mass is 10.2. The summed E-state index contributed by atoms with van der Waals surface area (Å²) in [5.41, 5.74) is 0.549. The zero-order chi connectivity index (χ0) is 10.0. The first-order chi connectivity index (χ1) is 6.00. The molecule has 1 aromatic rings. The lowest BCUT2D eigenvalue weighted by Gasteiger charge is -2.05. The summed E-state index contributed by atoms with van der Waals surface area (Å²) in [5, 5.41) is 11.4. The van der Waals surface area contributed by atoms with E-state index in [0.717, 1.165) is 5.69 Å². The van der Waals surface area contributed by atoms with E-state index in [2.05, 4.69) is 5.10 Å². The molecule has 0 amide bonds. The van der Waals surface area contributed by atoms with Gasteiger partial charge in [0.1, 0.15) is 0 Å². The van der Waals surface area contributed by atoms with Crippen molar-refractivity contribution in [2.24, 2.45) is 5.92 Å². The minimum Gasteiger partial charge on any atom is -0.481 e. The van der Waals surface area contributed by atoms with E-state index in [1.54, 1.807) is 13.8 Å². The first kappa shape index (κ1) is 9.57. The standard InChI is InChI=1S/C8H12N2O3/c1-5(8(12)13)4-10-7(11)3-6(2)9-10/h3,5,9H,4H2,1-2H3,(H,12,13). The highest BCUT2D eigenvalue weighted by Gasteiger charge is 2.12. The Bertz CT molecular complexity index is 364. The molecule has 1 aromatic heterocycles. The Hall–Kier alpha value is -1.52. The predicted molar refractivity (Wildman–Crippen MR) is 46.6 cm³/mol. The SMILES string of the molecule is Cc1cc(=O)n(CC(C)C(=O)O)[nH]1. The number of aromatic nitrogens is 2. The zero-order valence-corrected chi connectivity index (χ0v) is 7.57. The summed E-state index contributed by atoms with van der Waals surface area (Å²) in [6.07, 6.45) is 0. The van der Waals surface area contributed by atoms with Crippen molar-refractivity contribution in [3.8, 4) is 0 Å². The summed E-state index contributed by atoms with van der Waals surface area (Å²) in [7, 11) is 0. The van der Waals surface area contributed by atoms with Crippen molar-refractivity contribution < 1.29 is 9.90 Å². The van der Waals surface area contributed by atoms with Gasteiger partial charge in [-0.15, -0.1) is 0 Å². The van der Waals surface area contributed by atoms with Gasteiger partial charge in [0.25, 0.3) is 5.56 Å². The lowest BCUT2D eigenvalue weighted by Crippen LogP contribution is -2.24. The lowest BCUT2D eigenvalue weighted by molar-refractivity contribution is -0.141. The molecule has 1 unspecified atom stereocenters. The third-order valence-electron chi connectivity index (χ3n) is 1.80. The molecule has 13 heavy (non-hydrogen) atoms. The van der Waals surface area contributed by atoms with Crippen molar-refractivity contribution in [3.63, 3.8) is 0 Å². The maximum atomic E-state index is 11.1. The third kappa shape index (κ3) is 2.21. The summed E-state index contributed by atoms with van der Waals surface area (Å²) < 4.78 is 1.30. The molecular weight excluding hydrogens is 172 g/mol. The van der Waals surface area contributed by atoms with Gasteiger partial charge in [-0.25, -0.2) is 0 Å². The van der Waals surface area contributed by atoms with E-state index in [-0.39, 0.29) is 12.1 Å². The normalized spacial score (nSPS) is 12.8. The monoisotopic (exact) mass is 184 g/mol. The molecule has 1 atom stereocenters. The van der Waals surface area contributed by atoms with Crippen LogP contribution in [0.2, 0.25) is 0 Å². The van der Waals surface area contributed by atoms with Crippen molar-refractivity contribution in [2.75, 3.05) is 0 Å². The second kappa shape index (κ2) is 3.47. The second-order valence-corrected chi connectivity index (χ2v) is 3.13. The number of aromatic amines is 1. The number of carboxylic acid groups (broad SMARTS) is 1. The summed E-state index contributed by atoms with van der Waals surface area (Å²) in [6, 6.07) is 1.44. The van der Waals surface area contributed by atoms with E-state index in [1.807, 2.05) is 0 Å².